The van der Waals surface area contributed by atoms with Gasteiger partial charge in [0.05, 0.1) is 16.3 Å². The van der Waals surface area contributed by atoms with Gasteiger partial charge < -0.3 is 5.32 Å². The van der Waals surface area contributed by atoms with Gasteiger partial charge in [0.15, 0.2) is 0 Å². The van der Waals surface area contributed by atoms with E-state index in [9.17, 15) is 13.2 Å². The van der Waals surface area contributed by atoms with Gasteiger partial charge in [0.1, 0.15) is 0 Å². The first-order valence-corrected chi connectivity index (χ1v) is 6.98. The number of hydrogen-bond donors (Lipinski definition) is 1. The van der Waals surface area contributed by atoms with Gasteiger partial charge in [-0.1, -0.05) is 43.4 Å². The Morgan fingerprint density at radius 3 is 2.26 bits per heavy atom. The molecule has 2 rings (SSSR count). The monoisotopic (exact) mass is 291 g/mol. The summed E-state index contributed by atoms with van der Waals surface area (Å²) in [4.78, 5) is 0. The van der Waals surface area contributed by atoms with Crippen LogP contribution in [0.5, 0.6) is 0 Å². The number of nitrogens with one attached hydrogen (secondary N) is 1. The van der Waals surface area contributed by atoms with E-state index in [1.54, 1.807) is 0 Å². The third-order valence-electron chi connectivity index (χ3n) is 3.52. The highest BCUT2D eigenvalue weighted by Crippen LogP contribution is 2.39. The van der Waals surface area contributed by atoms with Crippen LogP contribution in [0, 0.1) is 0 Å². The highest BCUT2D eigenvalue weighted by atomic mass is 35.5. The lowest BCUT2D eigenvalue weighted by atomic mass is 10.1. The molecule has 0 spiro atoms. The van der Waals surface area contributed by atoms with Crippen molar-refractivity contribution in [2.24, 2.45) is 0 Å². The third kappa shape index (κ3) is 3.78. The van der Waals surface area contributed by atoms with E-state index in [2.05, 4.69) is 5.32 Å². The zero-order valence-corrected chi connectivity index (χ0v) is 11.3. The Morgan fingerprint density at radius 2 is 1.68 bits per heavy atom. The van der Waals surface area contributed by atoms with Crippen molar-refractivity contribution >= 4 is 17.3 Å². The Kier molecular flexibility index (Phi) is 4.61. The molecule has 0 heterocycles. The number of benzene rings is 1. The minimum atomic E-state index is -4.38. The van der Waals surface area contributed by atoms with Gasteiger partial charge in [-0.3, -0.25) is 0 Å². The van der Waals surface area contributed by atoms with Crippen LogP contribution in [0.25, 0.3) is 0 Å². The second-order valence-electron chi connectivity index (χ2n) is 4.99. The molecule has 1 nitrogen and oxygen atoms in total. The van der Waals surface area contributed by atoms with Gasteiger partial charge in [0.2, 0.25) is 0 Å². The van der Waals surface area contributed by atoms with Crippen LogP contribution in [0.2, 0.25) is 5.02 Å². The maximum atomic E-state index is 13.0. The number of alkyl halides is 3. The molecule has 1 saturated carbocycles. The molecule has 0 saturated heterocycles. The smallest absolute Gasteiger partial charge is 0.381 e. The average Bonchev–Trinajstić information content (AvgIpc) is 2.59. The summed E-state index contributed by atoms with van der Waals surface area (Å²) in [5, 5.41) is 3.15. The fourth-order valence-electron chi connectivity index (χ4n) is 2.53. The van der Waals surface area contributed by atoms with Crippen LogP contribution in [-0.4, -0.2) is 6.04 Å². The first-order chi connectivity index (χ1) is 8.98. The normalized spacial score (nSPS) is 18.1. The van der Waals surface area contributed by atoms with E-state index in [0.29, 0.717) is 0 Å². The molecule has 0 aliphatic heterocycles. The Bertz CT molecular complexity index is 423. The minimum absolute atomic E-state index is 0.0311. The summed E-state index contributed by atoms with van der Waals surface area (Å²) in [5.74, 6) is 0. The van der Waals surface area contributed by atoms with E-state index in [4.69, 9.17) is 11.6 Å². The molecule has 1 aliphatic carbocycles. The second kappa shape index (κ2) is 6.04. The van der Waals surface area contributed by atoms with Crippen molar-refractivity contribution in [3.8, 4) is 0 Å². The predicted molar refractivity (Wildman–Crippen MR) is 71.6 cm³/mol. The fraction of sp³-hybridized carbons (Fsp3) is 0.571. The van der Waals surface area contributed by atoms with E-state index in [1.807, 2.05) is 0 Å². The Morgan fingerprint density at radius 1 is 1.05 bits per heavy atom. The molecule has 0 radical (unpaired) electrons. The molecular formula is C14H17ClF3N. The van der Waals surface area contributed by atoms with Crippen LogP contribution < -0.4 is 5.32 Å². The summed E-state index contributed by atoms with van der Waals surface area (Å²) in [6.07, 6.45) is 1.87. The molecule has 0 unspecified atom stereocenters. The zero-order chi connectivity index (χ0) is 13.9. The molecule has 1 aromatic rings. The van der Waals surface area contributed by atoms with E-state index < -0.39 is 11.7 Å². The fourth-order valence-corrected chi connectivity index (χ4v) is 2.76. The van der Waals surface area contributed by atoms with Gasteiger partial charge in [-0.05, 0) is 25.0 Å². The summed E-state index contributed by atoms with van der Waals surface area (Å²) in [6, 6.07) is 3.99. The van der Waals surface area contributed by atoms with Crippen molar-refractivity contribution < 1.29 is 13.2 Å². The Hall–Kier alpha value is -0.900. The molecule has 0 aromatic heterocycles. The highest BCUT2D eigenvalue weighted by molar-refractivity contribution is 6.33. The third-order valence-corrected chi connectivity index (χ3v) is 3.84. The number of hydrogen-bond acceptors (Lipinski definition) is 1. The Labute approximate surface area is 116 Å². The number of halogens is 4. The van der Waals surface area contributed by atoms with Crippen molar-refractivity contribution in [1.29, 1.82) is 0 Å². The van der Waals surface area contributed by atoms with Crippen LogP contribution in [0.15, 0.2) is 18.2 Å². The van der Waals surface area contributed by atoms with Gasteiger partial charge in [-0.15, -0.1) is 0 Å². The summed E-state index contributed by atoms with van der Waals surface area (Å²) in [6.45, 7) is 0. The lowest BCUT2D eigenvalue weighted by Gasteiger charge is -2.22. The zero-order valence-electron chi connectivity index (χ0n) is 10.6. The standard InChI is InChI=1S/C14H17ClF3N/c15-12-9-5-8-11(14(16,17)18)13(12)19-10-6-3-1-2-4-7-10/h5,8-10,19H,1-4,6-7H2. The molecule has 5 heteroatoms. The average molecular weight is 292 g/mol. The van der Waals surface area contributed by atoms with Crippen molar-refractivity contribution in [3.05, 3.63) is 28.8 Å². The number of para-hydroxylation sites is 1. The van der Waals surface area contributed by atoms with E-state index in [-0.39, 0.29) is 16.8 Å². The molecule has 1 aliphatic rings. The molecule has 0 amide bonds. The molecule has 19 heavy (non-hydrogen) atoms. The van der Waals surface area contributed by atoms with Crippen LogP contribution in [0.1, 0.15) is 44.1 Å². The Balaban J connectivity index is 2.23. The van der Waals surface area contributed by atoms with Gasteiger partial charge >= 0.3 is 6.18 Å². The van der Waals surface area contributed by atoms with Gasteiger partial charge in [-0.25, -0.2) is 0 Å². The van der Waals surface area contributed by atoms with Crippen molar-refractivity contribution in [2.45, 2.75) is 50.7 Å². The molecule has 1 aromatic carbocycles. The first kappa shape index (κ1) is 14.5. The molecule has 1 fully saturated rings. The maximum absolute atomic E-state index is 13.0. The van der Waals surface area contributed by atoms with Crippen LogP contribution in [0.3, 0.4) is 0 Å². The first-order valence-electron chi connectivity index (χ1n) is 6.61. The SMILES string of the molecule is FC(F)(F)c1cccc(Cl)c1NC1CCCCCC1. The van der Waals surface area contributed by atoms with E-state index in [1.165, 1.54) is 12.1 Å². The van der Waals surface area contributed by atoms with E-state index in [0.717, 1.165) is 44.6 Å². The van der Waals surface area contributed by atoms with Crippen molar-refractivity contribution in [3.63, 3.8) is 0 Å². The van der Waals surface area contributed by atoms with Gasteiger partial charge in [0.25, 0.3) is 0 Å². The molecule has 0 atom stereocenters. The summed E-state index contributed by atoms with van der Waals surface area (Å²) >= 11 is 5.93. The lowest BCUT2D eigenvalue weighted by molar-refractivity contribution is -0.137. The van der Waals surface area contributed by atoms with Gasteiger partial charge in [-0.2, -0.15) is 13.2 Å². The lowest BCUT2D eigenvalue weighted by Crippen LogP contribution is -2.21. The van der Waals surface area contributed by atoms with Crippen LogP contribution >= 0.6 is 11.6 Å². The summed E-state index contributed by atoms with van der Waals surface area (Å²) < 4.78 is 38.9. The number of anilines is 1. The largest absolute Gasteiger partial charge is 0.418 e. The predicted octanol–water partition coefficient (Wildman–Crippen LogP) is 5.49. The minimum Gasteiger partial charge on any atom is -0.381 e. The van der Waals surface area contributed by atoms with Crippen molar-refractivity contribution in [1.82, 2.24) is 0 Å². The quantitative estimate of drug-likeness (QED) is 0.710. The van der Waals surface area contributed by atoms with Crippen LogP contribution in [0.4, 0.5) is 18.9 Å². The summed E-state index contributed by atoms with van der Waals surface area (Å²) in [7, 11) is 0. The second-order valence-corrected chi connectivity index (χ2v) is 5.40. The summed E-state index contributed by atoms with van der Waals surface area (Å²) in [5.41, 5.74) is -0.646. The topological polar surface area (TPSA) is 12.0 Å². The van der Waals surface area contributed by atoms with Crippen molar-refractivity contribution in [2.75, 3.05) is 5.32 Å². The van der Waals surface area contributed by atoms with Crippen LogP contribution in [-0.2, 0) is 6.18 Å². The maximum Gasteiger partial charge on any atom is 0.418 e. The van der Waals surface area contributed by atoms with Gasteiger partial charge in [0, 0.05) is 6.04 Å². The molecule has 0 bridgehead atoms. The molecule has 1 N–H and O–H groups in total. The molecular weight excluding hydrogens is 275 g/mol. The van der Waals surface area contributed by atoms with E-state index >= 15 is 0 Å². The number of rotatable bonds is 2. The highest BCUT2D eigenvalue weighted by Gasteiger charge is 2.34. The molecule has 106 valence electrons.